The van der Waals surface area contributed by atoms with E-state index in [0.29, 0.717) is 30.1 Å². The normalized spacial score (nSPS) is 9.87. The van der Waals surface area contributed by atoms with Gasteiger partial charge in [0.25, 0.3) is 0 Å². The lowest BCUT2D eigenvalue weighted by atomic mass is 10.00. The molecule has 0 saturated carbocycles. The summed E-state index contributed by atoms with van der Waals surface area (Å²) in [5.74, 6) is 0.821. The number of aromatic amines is 1. The van der Waals surface area contributed by atoms with Crippen molar-refractivity contribution < 1.29 is 9.47 Å². The monoisotopic (exact) mass is 326 g/mol. The second-order valence-electron chi connectivity index (χ2n) is 4.56. The lowest BCUT2D eigenvalue weighted by Crippen LogP contribution is -2.04. The Bertz CT molecular complexity index is 845. The third-order valence-corrected chi connectivity index (χ3v) is 3.45. The molecule has 0 aliphatic heterocycles. The van der Waals surface area contributed by atoms with Crippen LogP contribution in [0.15, 0.2) is 24.3 Å². The highest BCUT2D eigenvalue weighted by Gasteiger charge is 2.16. The maximum absolute atomic E-state index is 9.35. The van der Waals surface area contributed by atoms with Crippen LogP contribution in [0.2, 0.25) is 0 Å². The van der Waals surface area contributed by atoms with Gasteiger partial charge in [-0.15, -0.1) is 0 Å². The Balaban J connectivity index is 2.48. The van der Waals surface area contributed by atoms with Crippen LogP contribution in [0.3, 0.4) is 0 Å². The van der Waals surface area contributed by atoms with Crippen LogP contribution >= 0.6 is 12.2 Å². The van der Waals surface area contributed by atoms with E-state index >= 15 is 0 Å². The van der Waals surface area contributed by atoms with Crippen molar-refractivity contribution >= 4 is 23.7 Å². The molecule has 0 saturated heterocycles. The second-order valence-corrected chi connectivity index (χ2v) is 4.96. The van der Waals surface area contributed by atoms with Gasteiger partial charge in [0.15, 0.2) is 0 Å². The van der Waals surface area contributed by atoms with Gasteiger partial charge in [-0.3, -0.25) is 0 Å². The van der Waals surface area contributed by atoms with Gasteiger partial charge in [-0.25, -0.2) is 4.85 Å². The smallest absolute Gasteiger partial charge is 0.234 e. The Labute approximate surface area is 138 Å². The average molecular weight is 326 g/mol. The van der Waals surface area contributed by atoms with Crippen molar-refractivity contribution in [1.29, 1.82) is 5.26 Å². The van der Waals surface area contributed by atoms with Crippen molar-refractivity contribution in [2.45, 2.75) is 0 Å². The molecule has 0 spiro atoms. The lowest BCUT2D eigenvalue weighted by Gasteiger charge is -2.11. The number of nitrogen functional groups attached to an aromatic ring is 1. The van der Waals surface area contributed by atoms with E-state index in [9.17, 15) is 5.26 Å². The first-order valence-electron chi connectivity index (χ1n) is 6.67. The number of nitrogens with one attached hydrogen (secondary N) is 1. The number of methoxy groups -OCH3 is 1. The van der Waals surface area contributed by atoms with Gasteiger partial charge in [0, 0.05) is 12.7 Å². The number of nitrogens with two attached hydrogens (primary N) is 1. The molecule has 23 heavy (non-hydrogen) atoms. The third-order valence-electron chi connectivity index (χ3n) is 3.14. The Morgan fingerprint density at radius 3 is 2.61 bits per heavy atom. The fourth-order valence-corrected chi connectivity index (χ4v) is 2.33. The van der Waals surface area contributed by atoms with Gasteiger partial charge in [0.2, 0.25) is 5.69 Å². The molecule has 0 radical (unpaired) electrons. The molecule has 0 amide bonds. The molecule has 1 heterocycles. The quantitative estimate of drug-likeness (QED) is 0.499. The topological polar surface area (TPSA) is 88.4 Å². The van der Waals surface area contributed by atoms with E-state index < -0.39 is 0 Å². The molecular weight excluding hydrogens is 312 g/mol. The molecule has 0 aliphatic rings. The molecule has 2 aromatic rings. The van der Waals surface area contributed by atoms with E-state index in [2.05, 4.69) is 9.83 Å². The SMILES string of the molecule is [C-]#[N+]c1c(N)[nH]c(=S)c(C#N)c1-c1ccc(OCCOC)cc1. The average Bonchev–Trinajstić information content (AvgIpc) is 2.55. The zero-order valence-corrected chi connectivity index (χ0v) is 13.2. The molecule has 7 heteroatoms. The summed E-state index contributed by atoms with van der Waals surface area (Å²) in [4.78, 5) is 6.11. The Morgan fingerprint density at radius 1 is 1.35 bits per heavy atom. The van der Waals surface area contributed by atoms with Crippen LogP contribution < -0.4 is 10.5 Å². The molecule has 6 nitrogen and oxygen atoms in total. The highest BCUT2D eigenvalue weighted by Crippen LogP contribution is 2.37. The molecule has 0 atom stereocenters. The van der Waals surface area contributed by atoms with Gasteiger partial charge in [-0.2, -0.15) is 5.26 Å². The summed E-state index contributed by atoms with van der Waals surface area (Å²) in [7, 11) is 1.60. The van der Waals surface area contributed by atoms with Crippen LogP contribution in [0.4, 0.5) is 11.5 Å². The first-order chi connectivity index (χ1) is 11.1. The molecule has 0 fully saturated rings. The Morgan fingerprint density at radius 2 is 2.04 bits per heavy atom. The fourth-order valence-electron chi connectivity index (χ4n) is 2.08. The van der Waals surface area contributed by atoms with E-state index in [0.717, 1.165) is 0 Å². The van der Waals surface area contributed by atoms with Crippen LogP contribution in [-0.2, 0) is 4.74 Å². The number of nitriles is 1. The highest BCUT2D eigenvalue weighted by atomic mass is 32.1. The van der Waals surface area contributed by atoms with Crippen molar-refractivity contribution in [2.75, 3.05) is 26.1 Å². The van der Waals surface area contributed by atoms with Crippen molar-refractivity contribution in [3.05, 3.63) is 45.9 Å². The second kappa shape index (κ2) is 7.41. The zero-order chi connectivity index (χ0) is 16.8. The van der Waals surface area contributed by atoms with E-state index in [-0.39, 0.29) is 21.7 Å². The summed E-state index contributed by atoms with van der Waals surface area (Å²) in [6, 6.07) is 9.09. The van der Waals surface area contributed by atoms with Crippen molar-refractivity contribution in [2.24, 2.45) is 0 Å². The maximum Gasteiger partial charge on any atom is 0.234 e. The first-order valence-corrected chi connectivity index (χ1v) is 7.08. The van der Waals surface area contributed by atoms with Crippen molar-refractivity contribution in [3.8, 4) is 22.9 Å². The summed E-state index contributed by atoms with van der Waals surface area (Å²) in [6.45, 7) is 8.25. The molecule has 0 bridgehead atoms. The summed E-state index contributed by atoms with van der Waals surface area (Å²) in [5, 5.41) is 9.35. The summed E-state index contributed by atoms with van der Waals surface area (Å²) >= 11 is 5.13. The molecule has 116 valence electrons. The van der Waals surface area contributed by atoms with Crippen LogP contribution in [0.1, 0.15) is 5.56 Å². The number of hydrogen-bond acceptors (Lipinski definition) is 5. The van der Waals surface area contributed by atoms with Crippen LogP contribution in [0, 0.1) is 22.5 Å². The third kappa shape index (κ3) is 3.49. The highest BCUT2D eigenvalue weighted by molar-refractivity contribution is 7.71. The van der Waals surface area contributed by atoms with E-state index in [4.69, 9.17) is 34.0 Å². The molecule has 1 aromatic carbocycles. The molecule has 3 N–H and O–H groups in total. The minimum atomic E-state index is 0.152. The van der Waals surface area contributed by atoms with Crippen molar-refractivity contribution in [3.63, 3.8) is 0 Å². The van der Waals surface area contributed by atoms with Gasteiger partial charge in [-0.1, -0.05) is 24.4 Å². The molecule has 2 rings (SSSR count). The Kier molecular flexibility index (Phi) is 5.32. The van der Waals surface area contributed by atoms with E-state index in [1.807, 2.05) is 6.07 Å². The maximum atomic E-state index is 9.35. The molecule has 0 unspecified atom stereocenters. The number of H-pyrrole nitrogens is 1. The van der Waals surface area contributed by atoms with Gasteiger partial charge < -0.3 is 20.2 Å². The van der Waals surface area contributed by atoms with Gasteiger partial charge in [0.1, 0.15) is 28.9 Å². The number of rotatable bonds is 5. The number of hydrogen-bond donors (Lipinski definition) is 2. The summed E-state index contributed by atoms with van der Waals surface area (Å²) in [5.41, 5.74) is 7.35. The minimum absolute atomic E-state index is 0.152. The van der Waals surface area contributed by atoms with E-state index in [1.165, 1.54) is 0 Å². The van der Waals surface area contributed by atoms with Crippen LogP contribution in [-0.4, -0.2) is 25.3 Å². The van der Waals surface area contributed by atoms with E-state index in [1.54, 1.807) is 31.4 Å². The number of pyridine rings is 1. The van der Waals surface area contributed by atoms with Gasteiger partial charge >= 0.3 is 0 Å². The largest absolute Gasteiger partial charge is 0.491 e. The minimum Gasteiger partial charge on any atom is -0.491 e. The number of benzene rings is 1. The zero-order valence-electron chi connectivity index (χ0n) is 12.4. The number of ether oxygens (including phenoxy) is 2. The number of nitrogens with zero attached hydrogens (tertiary/aromatic N) is 2. The van der Waals surface area contributed by atoms with Gasteiger partial charge in [0.05, 0.1) is 18.7 Å². The standard InChI is InChI=1S/C16H14N4O2S/c1-19-14-13(12(9-17)16(23)20-15(14)18)10-3-5-11(6-4-10)22-8-7-21-2/h3-6H,7-8H2,2H3,(H3,18,20,23). The predicted octanol–water partition coefficient (Wildman–Crippen LogP) is 3.44. The first kappa shape index (κ1) is 16.5. The van der Waals surface area contributed by atoms with Crippen LogP contribution in [0.5, 0.6) is 5.75 Å². The van der Waals surface area contributed by atoms with Crippen molar-refractivity contribution in [1.82, 2.24) is 4.98 Å². The molecule has 1 aromatic heterocycles. The summed E-state index contributed by atoms with van der Waals surface area (Å²) in [6.07, 6.45) is 0. The Hall–Kier alpha value is -2.87. The molecular formula is C16H14N4O2S. The number of aromatic nitrogens is 1. The lowest BCUT2D eigenvalue weighted by molar-refractivity contribution is 0.146. The predicted molar refractivity (Wildman–Crippen MR) is 89.8 cm³/mol. The van der Waals surface area contributed by atoms with Gasteiger partial charge in [-0.05, 0) is 17.7 Å². The fraction of sp³-hybridized carbons (Fsp3) is 0.188. The molecule has 0 aliphatic carbocycles. The summed E-state index contributed by atoms with van der Waals surface area (Å²) < 4.78 is 10.6. The number of anilines is 1. The van der Waals surface area contributed by atoms with Crippen LogP contribution in [0.25, 0.3) is 16.0 Å².